The SMILES string of the molecule is Cc1ccc(S(=O)(=O)N(C)c2ccc(C(=O)N/N=C\c3cc(C)n(-c4ccc(F)cc4)c3C)cc2)cc1. The number of nitrogens with zero attached hydrogens (tertiary/aromatic N) is 3. The number of anilines is 1. The van der Waals surface area contributed by atoms with E-state index < -0.39 is 15.9 Å². The summed E-state index contributed by atoms with van der Waals surface area (Å²) in [4.78, 5) is 12.8. The molecule has 1 amide bonds. The molecule has 1 heterocycles. The zero-order valence-electron chi connectivity index (χ0n) is 20.9. The lowest BCUT2D eigenvalue weighted by Gasteiger charge is -2.19. The summed E-state index contributed by atoms with van der Waals surface area (Å²) in [6.45, 7) is 5.74. The van der Waals surface area contributed by atoms with E-state index in [2.05, 4.69) is 10.5 Å². The molecule has 4 rings (SSSR count). The molecular formula is C28H27FN4O3S. The molecule has 1 aromatic heterocycles. The van der Waals surface area contributed by atoms with E-state index >= 15 is 0 Å². The average Bonchev–Trinajstić information content (AvgIpc) is 3.17. The standard InChI is InChI=1S/C28H27FN4O3S/c1-19-5-15-27(16-6-19)37(35,36)32(4)25-11-7-22(8-12-25)28(34)31-30-18-23-17-20(2)33(21(23)3)26-13-9-24(29)10-14-26/h5-18H,1-4H3,(H,31,34)/b30-18-. The maximum atomic E-state index is 13.3. The van der Waals surface area contributed by atoms with Gasteiger partial charge in [0.1, 0.15) is 5.82 Å². The van der Waals surface area contributed by atoms with Crippen LogP contribution in [0, 0.1) is 26.6 Å². The topological polar surface area (TPSA) is 83.8 Å². The summed E-state index contributed by atoms with van der Waals surface area (Å²) >= 11 is 0. The Morgan fingerprint density at radius 3 is 2.19 bits per heavy atom. The van der Waals surface area contributed by atoms with Gasteiger partial charge in [0.05, 0.1) is 16.8 Å². The van der Waals surface area contributed by atoms with Crippen LogP contribution in [0.1, 0.15) is 32.9 Å². The van der Waals surface area contributed by atoms with Crippen LogP contribution in [0.25, 0.3) is 5.69 Å². The summed E-state index contributed by atoms with van der Waals surface area (Å²) in [5, 5.41) is 4.08. The summed E-state index contributed by atoms with van der Waals surface area (Å²) in [6, 6.07) is 21.0. The summed E-state index contributed by atoms with van der Waals surface area (Å²) in [6.07, 6.45) is 1.55. The van der Waals surface area contributed by atoms with Gasteiger partial charge in [0, 0.05) is 35.2 Å². The van der Waals surface area contributed by atoms with Crippen molar-refractivity contribution < 1.29 is 17.6 Å². The number of aryl methyl sites for hydroxylation is 2. The lowest BCUT2D eigenvalue weighted by atomic mass is 10.2. The molecule has 190 valence electrons. The first-order valence-corrected chi connectivity index (χ1v) is 13.0. The summed E-state index contributed by atoms with van der Waals surface area (Å²) < 4.78 is 42.3. The third kappa shape index (κ3) is 5.46. The molecule has 0 atom stereocenters. The van der Waals surface area contributed by atoms with E-state index in [-0.39, 0.29) is 10.7 Å². The monoisotopic (exact) mass is 518 g/mol. The van der Waals surface area contributed by atoms with E-state index in [4.69, 9.17) is 0 Å². The minimum Gasteiger partial charge on any atom is -0.318 e. The maximum Gasteiger partial charge on any atom is 0.271 e. The maximum absolute atomic E-state index is 13.3. The van der Waals surface area contributed by atoms with Gasteiger partial charge in [0.15, 0.2) is 0 Å². The van der Waals surface area contributed by atoms with Crippen LogP contribution in [0.5, 0.6) is 0 Å². The zero-order valence-corrected chi connectivity index (χ0v) is 21.8. The van der Waals surface area contributed by atoms with Gasteiger partial charge in [0.2, 0.25) is 0 Å². The number of carbonyl (C=O) groups is 1. The van der Waals surface area contributed by atoms with E-state index in [1.807, 2.05) is 31.4 Å². The first kappa shape index (κ1) is 25.8. The van der Waals surface area contributed by atoms with Crippen molar-refractivity contribution in [3.05, 3.63) is 113 Å². The smallest absolute Gasteiger partial charge is 0.271 e. The minimum atomic E-state index is -3.73. The van der Waals surface area contributed by atoms with Gasteiger partial charge in [-0.3, -0.25) is 9.10 Å². The Bertz CT molecular complexity index is 1560. The molecule has 0 aliphatic carbocycles. The predicted molar refractivity (Wildman–Crippen MR) is 143 cm³/mol. The van der Waals surface area contributed by atoms with Gasteiger partial charge in [0.25, 0.3) is 15.9 Å². The largest absolute Gasteiger partial charge is 0.318 e. The molecule has 0 spiro atoms. The summed E-state index contributed by atoms with van der Waals surface area (Å²) in [5.74, 6) is -0.734. The Hall–Kier alpha value is -4.24. The lowest BCUT2D eigenvalue weighted by Crippen LogP contribution is -2.26. The summed E-state index contributed by atoms with van der Waals surface area (Å²) in [7, 11) is -2.26. The Labute approximate surface area is 215 Å². The molecule has 0 bridgehead atoms. The van der Waals surface area contributed by atoms with E-state index in [0.717, 1.165) is 28.2 Å². The van der Waals surface area contributed by atoms with E-state index in [1.165, 1.54) is 23.5 Å². The van der Waals surface area contributed by atoms with Crippen LogP contribution in [0.3, 0.4) is 0 Å². The first-order valence-electron chi connectivity index (χ1n) is 11.5. The van der Waals surface area contributed by atoms with Gasteiger partial charge in [-0.15, -0.1) is 0 Å². The van der Waals surface area contributed by atoms with Crippen LogP contribution < -0.4 is 9.73 Å². The van der Waals surface area contributed by atoms with Crippen molar-refractivity contribution in [2.75, 3.05) is 11.4 Å². The molecule has 7 nitrogen and oxygen atoms in total. The number of carbonyl (C=O) groups excluding carboxylic acids is 1. The number of nitrogens with one attached hydrogen (secondary N) is 1. The molecule has 3 aromatic carbocycles. The third-order valence-electron chi connectivity index (χ3n) is 6.10. The second-order valence-corrected chi connectivity index (χ2v) is 10.6. The highest BCUT2D eigenvalue weighted by Crippen LogP contribution is 2.23. The number of rotatable bonds is 7. The van der Waals surface area contributed by atoms with Gasteiger partial charge < -0.3 is 4.57 Å². The second-order valence-electron chi connectivity index (χ2n) is 8.67. The normalized spacial score (nSPS) is 11.6. The second kappa shape index (κ2) is 10.4. The Balaban J connectivity index is 1.44. The van der Waals surface area contributed by atoms with Gasteiger partial charge in [-0.25, -0.2) is 18.2 Å². The Kier molecular flexibility index (Phi) is 7.26. The molecule has 0 aliphatic rings. The molecule has 0 aliphatic heterocycles. The highest BCUT2D eigenvalue weighted by Gasteiger charge is 2.21. The number of hydrogen-bond donors (Lipinski definition) is 1. The molecule has 0 radical (unpaired) electrons. The minimum absolute atomic E-state index is 0.190. The molecule has 0 saturated heterocycles. The Morgan fingerprint density at radius 2 is 1.57 bits per heavy atom. The quantitative estimate of drug-likeness (QED) is 0.272. The molecule has 0 fully saturated rings. The number of sulfonamides is 1. The van der Waals surface area contributed by atoms with Crippen LogP contribution in [0.4, 0.5) is 10.1 Å². The van der Waals surface area contributed by atoms with Gasteiger partial charge in [-0.05, 0) is 87.5 Å². The van der Waals surface area contributed by atoms with Crippen LogP contribution in [-0.4, -0.2) is 32.2 Å². The van der Waals surface area contributed by atoms with Gasteiger partial charge in [-0.1, -0.05) is 17.7 Å². The molecule has 37 heavy (non-hydrogen) atoms. The number of hydrogen-bond acceptors (Lipinski definition) is 4. The van der Waals surface area contributed by atoms with Crippen molar-refractivity contribution in [1.29, 1.82) is 0 Å². The first-order chi connectivity index (χ1) is 17.6. The van der Waals surface area contributed by atoms with Crippen molar-refractivity contribution in [3.8, 4) is 5.69 Å². The third-order valence-corrected chi connectivity index (χ3v) is 7.90. The summed E-state index contributed by atoms with van der Waals surface area (Å²) in [5.41, 5.74) is 7.69. The number of aromatic nitrogens is 1. The van der Waals surface area contributed by atoms with Crippen LogP contribution in [-0.2, 0) is 10.0 Å². The van der Waals surface area contributed by atoms with Crippen LogP contribution in [0.15, 0.2) is 88.9 Å². The van der Waals surface area contributed by atoms with Crippen molar-refractivity contribution in [2.24, 2.45) is 5.10 Å². The predicted octanol–water partition coefficient (Wildman–Crippen LogP) is 5.13. The molecule has 9 heteroatoms. The molecule has 0 unspecified atom stereocenters. The number of halogens is 1. The fraction of sp³-hybridized carbons (Fsp3) is 0.143. The molecule has 0 saturated carbocycles. The molecule has 4 aromatic rings. The van der Waals surface area contributed by atoms with E-state index in [1.54, 1.807) is 66.9 Å². The van der Waals surface area contributed by atoms with Gasteiger partial charge >= 0.3 is 0 Å². The van der Waals surface area contributed by atoms with Crippen molar-refractivity contribution in [2.45, 2.75) is 25.7 Å². The fourth-order valence-electron chi connectivity index (χ4n) is 3.96. The van der Waals surface area contributed by atoms with Crippen LogP contribution in [0.2, 0.25) is 0 Å². The zero-order chi connectivity index (χ0) is 26.7. The van der Waals surface area contributed by atoms with E-state index in [9.17, 15) is 17.6 Å². The Morgan fingerprint density at radius 1 is 0.946 bits per heavy atom. The molecule has 1 N–H and O–H groups in total. The fourth-order valence-corrected chi connectivity index (χ4v) is 5.16. The molecular weight excluding hydrogens is 491 g/mol. The lowest BCUT2D eigenvalue weighted by molar-refractivity contribution is 0.0955. The number of benzene rings is 3. The van der Waals surface area contributed by atoms with Crippen molar-refractivity contribution in [1.82, 2.24) is 9.99 Å². The van der Waals surface area contributed by atoms with Crippen LogP contribution >= 0.6 is 0 Å². The highest BCUT2D eigenvalue weighted by molar-refractivity contribution is 7.92. The van der Waals surface area contributed by atoms with Crippen molar-refractivity contribution in [3.63, 3.8) is 0 Å². The number of amides is 1. The van der Waals surface area contributed by atoms with E-state index in [0.29, 0.717) is 11.3 Å². The average molecular weight is 519 g/mol. The highest BCUT2D eigenvalue weighted by atomic mass is 32.2. The van der Waals surface area contributed by atoms with Crippen molar-refractivity contribution >= 4 is 27.8 Å². The van der Waals surface area contributed by atoms with Gasteiger partial charge in [-0.2, -0.15) is 5.10 Å². The number of hydrazone groups is 1.